The maximum absolute atomic E-state index is 12.0. The van der Waals surface area contributed by atoms with Gasteiger partial charge < -0.3 is 11.1 Å². The van der Waals surface area contributed by atoms with Gasteiger partial charge in [-0.25, -0.2) is 4.98 Å². The molecule has 1 fully saturated rings. The van der Waals surface area contributed by atoms with E-state index in [0.717, 1.165) is 31.5 Å². The molecule has 1 aliphatic heterocycles. The Balaban J connectivity index is 1.93. The molecule has 0 aromatic carbocycles. The molecule has 0 radical (unpaired) electrons. The molecule has 1 saturated heterocycles. The minimum absolute atomic E-state index is 0.0179. The van der Waals surface area contributed by atoms with Crippen molar-refractivity contribution < 1.29 is 4.79 Å². The quantitative estimate of drug-likeness (QED) is 0.806. The fourth-order valence-electron chi connectivity index (χ4n) is 2.55. The number of carbonyl (C=O) groups excluding carboxylic acids is 1. The molecule has 1 amide bonds. The number of hydrogen-bond acceptors (Lipinski definition) is 4. The second-order valence-corrected chi connectivity index (χ2v) is 6.05. The molecular weight excluding hydrogens is 311 g/mol. The Hall–Kier alpha value is -0.880. The summed E-state index contributed by atoms with van der Waals surface area (Å²) in [5.41, 5.74) is 6.34. The number of amides is 1. The standard InChI is InChI=1S/C14H20Cl2N4O/c15-12-6-13(16)19-7-11(12)9-20-5-1-2-10(8-20)14(21)18-4-3-17/h6-7,10H,1-5,8-9,17H2,(H,18,21). The molecular formula is C14H20Cl2N4O. The van der Waals surface area contributed by atoms with Crippen molar-refractivity contribution in [1.82, 2.24) is 15.2 Å². The van der Waals surface area contributed by atoms with Gasteiger partial charge in [0.2, 0.25) is 5.91 Å². The Morgan fingerprint density at radius 1 is 1.52 bits per heavy atom. The van der Waals surface area contributed by atoms with Crippen LogP contribution in [0.3, 0.4) is 0 Å². The second-order valence-electron chi connectivity index (χ2n) is 5.25. The Bertz CT molecular complexity index is 498. The number of halogens is 2. The Labute approximate surface area is 134 Å². The highest BCUT2D eigenvalue weighted by Crippen LogP contribution is 2.23. The molecule has 1 aromatic heterocycles. The van der Waals surface area contributed by atoms with Crippen LogP contribution in [0.5, 0.6) is 0 Å². The lowest BCUT2D eigenvalue weighted by Gasteiger charge is -2.32. The first-order valence-corrected chi connectivity index (χ1v) is 7.86. The van der Waals surface area contributed by atoms with Crippen LogP contribution < -0.4 is 11.1 Å². The van der Waals surface area contributed by atoms with Gasteiger partial charge in [-0.05, 0) is 25.5 Å². The van der Waals surface area contributed by atoms with E-state index < -0.39 is 0 Å². The lowest BCUT2D eigenvalue weighted by atomic mass is 9.97. The van der Waals surface area contributed by atoms with E-state index in [9.17, 15) is 4.79 Å². The van der Waals surface area contributed by atoms with Gasteiger partial charge in [0.1, 0.15) is 5.15 Å². The Kier molecular flexibility index (Phi) is 6.23. The first-order valence-electron chi connectivity index (χ1n) is 7.10. The summed E-state index contributed by atoms with van der Waals surface area (Å²) in [7, 11) is 0. The van der Waals surface area contributed by atoms with E-state index in [0.29, 0.717) is 29.8 Å². The number of likely N-dealkylation sites (tertiary alicyclic amines) is 1. The molecule has 1 unspecified atom stereocenters. The van der Waals surface area contributed by atoms with Crippen LogP contribution in [0.1, 0.15) is 18.4 Å². The normalized spacial score (nSPS) is 19.5. The summed E-state index contributed by atoms with van der Waals surface area (Å²) in [4.78, 5) is 18.3. The lowest BCUT2D eigenvalue weighted by molar-refractivity contribution is -0.126. The molecule has 1 aromatic rings. The molecule has 1 atom stereocenters. The number of nitrogens with two attached hydrogens (primary N) is 1. The van der Waals surface area contributed by atoms with E-state index in [1.165, 1.54) is 0 Å². The number of nitrogens with zero attached hydrogens (tertiary/aromatic N) is 2. The molecule has 116 valence electrons. The van der Waals surface area contributed by atoms with Crippen molar-refractivity contribution in [3.05, 3.63) is 28.0 Å². The number of rotatable bonds is 5. The monoisotopic (exact) mass is 330 g/mol. The van der Waals surface area contributed by atoms with Crippen LogP contribution >= 0.6 is 23.2 Å². The van der Waals surface area contributed by atoms with Gasteiger partial charge in [-0.3, -0.25) is 9.69 Å². The van der Waals surface area contributed by atoms with Crippen LogP contribution in [0.4, 0.5) is 0 Å². The van der Waals surface area contributed by atoms with Crippen molar-refractivity contribution in [2.45, 2.75) is 19.4 Å². The number of piperidine rings is 1. The van der Waals surface area contributed by atoms with Crippen LogP contribution in [0, 0.1) is 5.92 Å². The molecule has 7 heteroatoms. The highest BCUT2D eigenvalue weighted by Gasteiger charge is 2.25. The van der Waals surface area contributed by atoms with Gasteiger partial charge in [0.25, 0.3) is 0 Å². The van der Waals surface area contributed by atoms with Gasteiger partial charge in [0.15, 0.2) is 0 Å². The van der Waals surface area contributed by atoms with Gasteiger partial charge >= 0.3 is 0 Å². The van der Waals surface area contributed by atoms with E-state index in [-0.39, 0.29) is 11.8 Å². The van der Waals surface area contributed by atoms with E-state index >= 15 is 0 Å². The molecule has 0 bridgehead atoms. The SMILES string of the molecule is NCCNC(=O)C1CCCN(Cc2cnc(Cl)cc2Cl)C1. The summed E-state index contributed by atoms with van der Waals surface area (Å²) >= 11 is 12.0. The molecule has 3 N–H and O–H groups in total. The van der Waals surface area contributed by atoms with Gasteiger partial charge in [0.05, 0.1) is 5.92 Å². The molecule has 5 nitrogen and oxygen atoms in total. The first-order chi connectivity index (χ1) is 10.1. The average Bonchev–Trinajstić information content (AvgIpc) is 2.48. The average molecular weight is 331 g/mol. The van der Waals surface area contributed by atoms with Gasteiger partial charge in [0, 0.05) is 43.0 Å². The predicted molar refractivity (Wildman–Crippen MR) is 84.3 cm³/mol. The molecule has 0 saturated carbocycles. The third kappa shape index (κ3) is 4.81. The third-order valence-corrected chi connectivity index (χ3v) is 4.17. The highest BCUT2D eigenvalue weighted by molar-refractivity contribution is 6.34. The summed E-state index contributed by atoms with van der Waals surface area (Å²) in [6.45, 7) is 3.37. The zero-order chi connectivity index (χ0) is 15.2. The molecule has 2 heterocycles. The van der Waals surface area contributed by atoms with E-state index in [1.54, 1.807) is 12.3 Å². The minimum atomic E-state index is 0.0179. The topological polar surface area (TPSA) is 71.2 Å². The fourth-order valence-corrected chi connectivity index (χ4v) is 2.97. The van der Waals surface area contributed by atoms with Crippen LogP contribution in [-0.2, 0) is 11.3 Å². The summed E-state index contributed by atoms with van der Waals surface area (Å²) in [6, 6.07) is 1.65. The first kappa shape index (κ1) is 16.5. The van der Waals surface area contributed by atoms with E-state index in [1.807, 2.05) is 0 Å². The van der Waals surface area contributed by atoms with Gasteiger partial charge in [-0.2, -0.15) is 0 Å². The molecule has 0 aliphatic carbocycles. The number of pyridine rings is 1. The largest absolute Gasteiger partial charge is 0.355 e. The van der Waals surface area contributed by atoms with Crippen molar-refractivity contribution in [1.29, 1.82) is 0 Å². The van der Waals surface area contributed by atoms with Crippen molar-refractivity contribution in [2.75, 3.05) is 26.2 Å². The molecule has 21 heavy (non-hydrogen) atoms. The summed E-state index contributed by atoms with van der Waals surface area (Å²) < 4.78 is 0. The Morgan fingerprint density at radius 3 is 3.05 bits per heavy atom. The van der Waals surface area contributed by atoms with Gasteiger partial charge in [-0.1, -0.05) is 23.2 Å². The predicted octanol–water partition coefficient (Wildman–Crippen LogP) is 1.68. The minimum Gasteiger partial charge on any atom is -0.355 e. The highest BCUT2D eigenvalue weighted by atomic mass is 35.5. The summed E-state index contributed by atoms with van der Waals surface area (Å²) in [5, 5.41) is 3.86. The fraction of sp³-hybridized carbons (Fsp3) is 0.571. The number of aromatic nitrogens is 1. The summed E-state index contributed by atoms with van der Waals surface area (Å²) in [5.74, 6) is 0.106. The van der Waals surface area contributed by atoms with Crippen LogP contribution in [0.2, 0.25) is 10.2 Å². The maximum atomic E-state index is 12.0. The maximum Gasteiger partial charge on any atom is 0.224 e. The number of hydrogen-bond donors (Lipinski definition) is 2. The van der Waals surface area contributed by atoms with Crippen molar-refractivity contribution in [2.24, 2.45) is 11.7 Å². The zero-order valence-electron chi connectivity index (χ0n) is 11.8. The summed E-state index contributed by atoms with van der Waals surface area (Å²) in [6.07, 6.45) is 3.61. The van der Waals surface area contributed by atoms with Crippen LogP contribution in [0.25, 0.3) is 0 Å². The second kappa shape index (κ2) is 7.94. The number of carbonyl (C=O) groups is 1. The lowest BCUT2D eigenvalue weighted by Crippen LogP contribution is -2.43. The van der Waals surface area contributed by atoms with Crippen molar-refractivity contribution >= 4 is 29.1 Å². The van der Waals surface area contributed by atoms with Crippen molar-refractivity contribution in [3.8, 4) is 0 Å². The third-order valence-electron chi connectivity index (χ3n) is 3.61. The molecule has 0 spiro atoms. The van der Waals surface area contributed by atoms with Crippen molar-refractivity contribution in [3.63, 3.8) is 0 Å². The van der Waals surface area contributed by atoms with Gasteiger partial charge in [-0.15, -0.1) is 0 Å². The van der Waals surface area contributed by atoms with Crippen LogP contribution in [-0.4, -0.2) is 42.0 Å². The van der Waals surface area contributed by atoms with E-state index in [2.05, 4.69) is 15.2 Å². The molecule has 2 rings (SSSR count). The zero-order valence-corrected chi connectivity index (χ0v) is 13.3. The number of nitrogens with one attached hydrogen (secondary N) is 1. The van der Waals surface area contributed by atoms with E-state index in [4.69, 9.17) is 28.9 Å². The molecule has 1 aliphatic rings. The smallest absolute Gasteiger partial charge is 0.224 e. The van der Waals surface area contributed by atoms with Crippen LogP contribution in [0.15, 0.2) is 12.3 Å². The Morgan fingerprint density at radius 2 is 2.33 bits per heavy atom.